The van der Waals surface area contributed by atoms with Crippen LogP contribution in [0.15, 0.2) is 41.1 Å². The number of hydrogen-bond donors (Lipinski definition) is 2. The first-order valence-electron chi connectivity index (χ1n) is 7.19. The SMILES string of the molecule is CC(=O)Nc1cccc([C@@H](C)NC[C@H](C)c2ccsc2)c1. The Balaban J connectivity index is 1.93. The van der Waals surface area contributed by atoms with Gasteiger partial charge >= 0.3 is 0 Å². The highest BCUT2D eigenvalue weighted by molar-refractivity contribution is 7.07. The molecular formula is C17H22N2OS. The van der Waals surface area contributed by atoms with Crippen molar-refractivity contribution < 1.29 is 4.79 Å². The van der Waals surface area contributed by atoms with E-state index in [9.17, 15) is 4.79 Å². The monoisotopic (exact) mass is 302 g/mol. The van der Waals surface area contributed by atoms with Gasteiger partial charge in [0.1, 0.15) is 0 Å². The molecule has 1 aromatic carbocycles. The van der Waals surface area contributed by atoms with Gasteiger partial charge in [0.2, 0.25) is 5.91 Å². The topological polar surface area (TPSA) is 41.1 Å². The van der Waals surface area contributed by atoms with E-state index in [1.54, 1.807) is 11.3 Å². The highest BCUT2D eigenvalue weighted by Gasteiger charge is 2.10. The second kappa shape index (κ2) is 7.38. The molecule has 2 aromatic rings. The Kier molecular flexibility index (Phi) is 5.53. The van der Waals surface area contributed by atoms with Gasteiger partial charge in [-0.1, -0.05) is 19.1 Å². The minimum Gasteiger partial charge on any atom is -0.326 e. The molecule has 0 fully saturated rings. The fourth-order valence-corrected chi connectivity index (χ4v) is 3.02. The molecule has 21 heavy (non-hydrogen) atoms. The first-order chi connectivity index (χ1) is 10.1. The van der Waals surface area contributed by atoms with E-state index < -0.39 is 0 Å². The Morgan fingerprint density at radius 2 is 2.05 bits per heavy atom. The standard InChI is InChI=1S/C17H22N2OS/c1-12(16-7-8-21-11-16)10-18-13(2)15-5-4-6-17(9-15)19-14(3)20/h4-9,11-13,18H,10H2,1-3H3,(H,19,20)/t12-,13+/m0/s1. The molecule has 0 saturated carbocycles. The van der Waals surface area contributed by atoms with Gasteiger partial charge in [-0.2, -0.15) is 11.3 Å². The highest BCUT2D eigenvalue weighted by atomic mass is 32.1. The number of anilines is 1. The van der Waals surface area contributed by atoms with Crippen LogP contribution in [0.1, 0.15) is 43.9 Å². The van der Waals surface area contributed by atoms with Gasteiger partial charge in [-0.05, 0) is 52.9 Å². The molecule has 2 atom stereocenters. The normalized spacial score (nSPS) is 13.7. The second-order valence-corrected chi connectivity index (χ2v) is 6.17. The fourth-order valence-electron chi connectivity index (χ4n) is 2.23. The molecule has 1 amide bonds. The number of nitrogens with one attached hydrogen (secondary N) is 2. The predicted octanol–water partition coefficient (Wildman–Crippen LogP) is 4.16. The molecule has 0 radical (unpaired) electrons. The molecule has 3 nitrogen and oxygen atoms in total. The van der Waals surface area contributed by atoms with Crippen LogP contribution in [0.25, 0.3) is 0 Å². The number of benzene rings is 1. The van der Waals surface area contributed by atoms with Crippen LogP contribution in [0.5, 0.6) is 0 Å². The van der Waals surface area contributed by atoms with E-state index in [4.69, 9.17) is 0 Å². The summed E-state index contributed by atoms with van der Waals surface area (Å²) in [4.78, 5) is 11.1. The third kappa shape index (κ3) is 4.69. The van der Waals surface area contributed by atoms with Gasteiger partial charge < -0.3 is 10.6 Å². The van der Waals surface area contributed by atoms with Crippen LogP contribution in [0.2, 0.25) is 0 Å². The lowest BCUT2D eigenvalue weighted by atomic mass is 10.0. The summed E-state index contributed by atoms with van der Waals surface area (Å²) in [6.45, 7) is 6.84. The molecule has 4 heteroatoms. The van der Waals surface area contributed by atoms with Gasteiger partial charge in [0.15, 0.2) is 0 Å². The maximum atomic E-state index is 11.1. The van der Waals surface area contributed by atoms with Gasteiger partial charge in [-0.15, -0.1) is 0 Å². The van der Waals surface area contributed by atoms with Crippen molar-refractivity contribution in [2.45, 2.75) is 32.7 Å². The maximum absolute atomic E-state index is 11.1. The quantitative estimate of drug-likeness (QED) is 0.841. The number of thiophene rings is 1. The Labute approximate surface area is 130 Å². The Morgan fingerprint density at radius 1 is 1.24 bits per heavy atom. The summed E-state index contributed by atoms with van der Waals surface area (Å²) in [5.74, 6) is 0.455. The van der Waals surface area contributed by atoms with Gasteiger partial charge in [0, 0.05) is 25.2 Å². The first-order valence-corrected chi connectivity index (χ1v) is 8.13. The first kappa shape index (κ1) is 15.7. The summed E-state index contributed by atoms with van der Waals surface area (Å²) in [5, 5.41) is 10.7. The zero-order valence-electron chi connectivity index (χ0n) is 12.7. The van der Waals surface area contributed by atoms with E-state index in [0.717, 1.165) is 12.2 Å². The average Bonchev–Trinajstić information content (AvgIpc) is 2.98. The van der Waals surface area contributed by atoms with Crippen LogP contribution in [0, 0.1) is 0 Å². The summed E-state index contributed by atoms with van der Waals surface area (Å²) >= 11 is 1.74. The molecule has 1 aromatic heterocycles. The highest BCUT2D eigenvalue weighted by Crippen LogP contribution is 2.20. The summed E-state index contributed by atoms with van der Waals surface area (Å²) in [6.07, 6.45) is 0. The van der Waals surface area contributed by atoms with Crippen LogP contribution in [0.4, 0.5) is 5.69 Å². The van der Waals surface area contributed by atoms with Crippen molar-refractivity contribution in [3.63, 3.8) is 0 Å². The van der Waals surface area contributed by atoms with Gasteiger partial charge in [0.25, 0.3) is 0 Å². The van der Waals surface area contributed by atoms with Crippen LogP contribution in [-0.2, 0) is 4.79 Å². The summed E-state index contributed by atoms with van der Waals surface area (Å²) in [7, 11) is 0. The molecule has 0 unspecified atom stereocenters. The number of hydrogen-bond acceptors (Lipinski definition) is 3. The molecule has 0 aliphatic rings. The van der Waals surface area contributed by atoms with Crippen molar-refractivity contribution in [1.82, 2.24) is 5.32 Å². The number of rotatable bonds is 6. The zero-order chi connectivity index (χ0) is 15.2. The molecule has 0 spiro atoms. The lowest BCUT2D eigenvalue weighted by Gasteiger charge is -2.18. The molecule has 2 N–H and O–H groups in total. The summed E-state index contributed by atoms with van der Waals surface area (Å²) < 4.78 is 0. The van der Waals surface area contributed by atoms with Crippen LogP contribution in [-0.4, -0.2) is 12.5 Å². The van der Waals surface area contributed by atoms with Gasteiger partial charge in [-0.3, -0.25) is 4.79 Å². The summed E-state index contributed by atoms with van der Waals surface area (Å²) in [5.41, 5.74) is 3.41. The van der Waals surface area contributed by atoms with E-state index >= 15 is 0 Å². The Bertz CT molecular complexity index is 580. The zero-order valence-corrected chi connectivity index (χ0v) is 13.5. The van der Waals surface area contributed by atoms with Crippen molar-refractivity contribution in [3.8, 4) is 0 Å². The lowest BCUT2D eigenvalue weighted by Crippen LogP contribution is -2.23. The third-order valence-electron chi connectivity index (χ3n) is 3.55. The smallest absolute Gasteiger partial charge is 0.221 e. The van der Waals surface area contributed by atoms with Crippen molar-refractivity contribution >= 4 is 22.9 Å². The molecule has 2 rings (SSSR count). The predicted molar refractivity (Wildman–Crippen MR) is 89.9 cm³/mol. The molecule has 0 aliphatic carbocycles. The van der Waals surface area contributed by atoms with Crippen LogP contribution < -0.4 is 10.6 Å². The number of carbonyl (C=O) groups is 1. The van der Waals surface area contributed by atoms with E-state index in [2.05, 4.69) is 47.4 Å². The van der Waals surface area contributed by atoms with Crippen LogP contribution in [0.3, 0.4) is 0 Å². The van der Waals surface area contributed by atoms with Crippen LogP contribution >= 0.6 is 11.3 Å². The van der Waals surface area contributed by atoms with E-state index in [0.29, 0.717) is 5.92 Å². The average molecular weight is 302 g/mol. The van der Waals surface area contributed by atoms with E-state index in [-0.39, 0.29) is 11.9 Å². The van der Waals surface area contributed by atoms with Crippen molar-refractivity contribution in [3.05, 3.63) is 52.2 Å². The second-order valence-electron chi connectivity index (χ2n) is 5.39. The Hall–Kier alpha value is -1.65. The molecule has 0 bridgehead atoms. The Morgan fingerprint density at radius 3 is 2.71 bits per heavy atom. The van der Waals surface area contributed by atoms with Gasteiger partial charge in [0.05, 0.1) is 0 Å². The van der Waals surface area contributed by atoms with Crippen molar-refractivity contribution in [2.75, 3.05) is 11.9 Å². The number of carbonyl (C=O) groups excluding carboxylic acids is 1. The summed E-state index contributed by atoms with van der Waals surface area (Å²) in [6, 6.07) is 10.4. The lowest BCUT2D eigenvalue weighted by molar-refractivity contribution is -0.114. The minimum absolute atomic E-state index is 0.0427. The molecule has 1 heterocycles. The maximum Gasteiger partial charge on any atom is 0.221 e. The minimum atomic E-state index is -0.0427. The van der Waals surface area contributed by atoms with E-state index in [1.165, 1.54) is 18.1 Å². The molecular weight excluding hydrogens is 280 g/mol. The van der Waals surface area contributed by atoms with Crippen molar-refractivity contribution in [1.29, 1.82) is 0 Å². The van der Waals surface area contributed by atoms with Crippen molar-refractivity contribution in [2.24, 2.45) is 0 Å². The third-order valence-corrected chi connectivity index (χ3v) is 4.25. The molecule has 0 aliphatic heterocycles. The largest absolute Gasteiger partial charge is 0.326 e. The van der Waals surface area contributed by atoms with E-state index in [1.807, 2.05) is 18.2 Å². The molecule has 0 saturated heterocycles. The fraction of sp³-hybridized carbons (Fsp3) is 0.353. The van der Waals surface area contributed by atoms with Gasteiger partial charge in [-0.25, -0.2) is 0 Å². The number of amides is 1. The molecule has 112 valence electrons.